The quantitative estimate of drug-likeness (QED) is 0.179. The Morgan fingerprint density at radius 2 is 1.61 bits per heavy atom. The highest BCUT2D eigenvalue weighted by molar-refractivity contribution is 7.07. The van der Waals surface area contributed by atoms with E-state index in [1.165, 1.54) is 4.57 Å². The summed E-state index contributed by atoms with van der Waals surface area (Å²) in [4.78, 5) is 49.9. The molecule has 2 aliphatic heterocycles. The molecule has 0 saturated carbocycles. The molecule has 0 fully saturated rings. The summed E-state index contributed by atoms with van der Waals surface area (Å²) in [6.07, 6.45) is -0.0333. The van der Waals surface area contributed by atoms with Crippen LogP contribution in [0.2, 0.25) is 5.02 Å². The molecule has 8 nitrogen and oxygen atoms in total. The van der Waals surface area contributed by atoms with Gasteiger partial charge in [0.05, 0.1) is 47.8 Å². The lowest BCUT2D eigenvalue weighted by molar-refractivity contribution is -0.138. The van der Waals surface area contributed by atoms with Gasteiger partial charge in [0.15, 0.2) is 4.80 Å². The first-order valence-electron chi connectivity index (χ1n) is 16.0. The molecule has 0 saturated heterocycles. The number of hydrogen-bond acceptors (Lipinski definition) is 7. The molecule has 0 aliphatic carbocycles. The minimum absolute atomic E-state index is 0.0333. The summed E-state index contributed by atoms with van der Waals surface area (Å²) in [6.45, 7) is 5.99. The van der Waals surface area contributed by atoms with Crippen LogP contribution in [0.4, 0.5) is 5.69 Å². The number of carbonyl (C=O) groups is 2. The highest BCUT2D eigenvalue weighted by Crippen LogP contribution is 2.38. The number of para-hydroxylation sites is 1. The fourth-order valence-electron chi connectivity index (χ4n) is 6.26. The number of esters is 1. The van der Waals surface area contributed by atoms with E-state index >= 15 is 0 Å². The molecule has 4 aromatic carbocycles. The van der Waals surface area contributed by atoms with Gasteiger partial charge in [-0.25, -0.2) is 9.79 Å². The molecule has 7 rings (SSSR count). The molecule has 0 unspecified atom stereocenters. The molecule has 2 aliphatic rings. The molecule has 49 heavy (non-hydrogen) atoms. The van der Waals surface area contributed by atoms with Crippen LogP contribution in [0.5, 0.6) is 5.75 Å². The molecule has 3 heterocycles. The van der Waals surface area contributed by atoms with Crippen molar-refractivity contribution in [1.29, 1.82) is 0 Å². The number of benzene rings is 4. The van der Waals surface area contributed by atoms with E-state index in [9.17, 15) is 14.4 Å². The van der Waals surface area contributed by atoms with Gasteiger partial charge in [0, 0.05) is 16.1 Å². The van der Waals surface area contributed by atoms with Gasteiger partial charge in [0.1, 0.15) is 10.3 Å². The van der Waals surface area contributed by atoms with Gasteiger partial charge < -0.3 is 14.4 Å². The Kier molecular flexibility index (Phi) is 8.79. The van der Waals surface area contributed by atoms with Gasteiger partial charge in [-0.05, 0) is 56.2 Å². The monoisotopic (exact) mass is 689 g/mol. The van der Waals surface area contributed by atoms with E-state index in [1.54, 1.807) is 17.9 Å². The molecule has 1 amide bonds. The van der Waals surface area contributed by atoms with Crippen LogP contribution in [0, 0.1) is 0 Å². The Bertz CT molecular complexity index is 2310. The smallest absolute Gasteiger partial charge is 0.338 e. The second-order valence-electron chi connectivity index (χ2n) is 11.9. The van der Waals surface area contributed by atoms with Crippen molar-refractivity contribution >= 4 is 51.8 Å². The predicted molar refractivity (Wildman–Crippen MR) is 191 cm³/mol. The zero-order chi connectivity index (χ0) is 34.2. The Balaban J connectivity index is 1.48. The number of ether oxygens (including phenoxy) is 2. The van der Waals surface area contributed by atoms with Crippen LogP contribution in [-0.2, 0) is 20.9 Å². The third-order valence-electron chi connectivity index (χ3n) is 8.35. The highest BCUT2D eigenvalue weighted by atomic mass is 35.5. The van der Waals surface area contributed by atoms with Gasteiger partial charge in [-0.3, -0.25) is 14.2 Å². The fourth-order valence-corrected chi connectivity index (χ4v) is 7.55. The third-order valence-corrected chi connectivity index (χ3v) is 9.78. The number of fused-ring (bicyclic) bond motifs is 2. The van der Waals surface area contributed by atoms with Gasteiger partial charge >= 0.3 is 5.97 Å². The summed E-state index contributed by atoms with van der Waals surface area (Å²) in [5.41, 5.74) is 3.97. The number of nitrogens with zero attached hydrogens (tertiary/aromatic N) is 3. The van der Waals surface area contributed by atoms with Crippen LogP contribution in [0.15, 0.2) is 118 Å². The largest absolute Gasteiger partial charge is 0.491 e. The molecule has 246 valence electrons. The van der Waals surface area contributed by atoms with Crippen molar-refractivity contribution in [2.45, 2.75) is 39.5 Å². The molecule has 1 atom stereocenters. The van der Waals surface area contributed by atoms with Crippen molar-refractivity contribution in [3.63, 3.8) is 0 Å². The maximum Gasteiger partial charge on any atom is 0.338 e. The number of halogens is 1. The number of amides is 1. The predicted octanol–water partition coefficient (Wildman–Crippen LogP) is 6.29. The number of carbonyl (C=O) groups excluding carboxylic acids is 2. The minimum atomic E-state index is -0.890. The summed E-state index contributed by atoms with van der Waals surface area (Å²) < 4.78 is 13.2. The number of thiazole rings is 1. The zero-order valence-electron chi connectivity index (χ0n) is 27.1. The van der Waals surface area contributed by atoms with Gasteiger partial charge in [0.25, 0.3) is 11.5 Å². The van der Waals surface area contributed by atoms with Crippen molar-refractivity contribution < 1.29 is 19.1 Å². The molecule has 0 N–H and O–H groups in total. The van der Waals surface area contributed by atoms with Gasteiger partial charge in [-0.15, -0.1) is 0 Å². The van der Waals surface area contributed by atoms with Crippen LogP contribution in [0.25, 0.3) is 11.3 Å². The summed E-state index contributed by atoms with van der Waals surface area (Å²) in [5, 5.41) is 0.547. The lowest BCUT2D eigenvalue weighted by Crippen LogP contribution is -2.41. The molecule has 1 aromatic heterocycles. The molecule has 0 bridgehead atoms. The number of hydrogen-bond donors (Lipinski definition) is 0. The van der Waals surface area contributed by atoms with E-state index in [0.717, 1.165) is 16.9 Å². The van der Waals surface area contributed by atoms with Crippen molar-refractivity contribution in [2.24, 2.45) is 4.99 Å². The Hall–Kier alpha value is -5.25. The van der Waals surface area contributed by atoms with Crippen LogP contribution < -0.4 is 24.5 Å². The molecular weight excluding hydrogens is 658 g/mol. The first-order valence-corrected chi connectivity index (χ1v) is 17.2. The van der Waals surface area contributed by atoms with E-state index in [2.05, 4.69) is 0 Å². The minimum Gasteiger partial charge on any atom is -0.491 e. The molecule has 10 heteroatoms. The maximum atomic E-state index is 14.7. The Morgan fingerprint density at radius 1 is 0.918 bits per heavy atom. The topological polar surface area (TPSA) is 90.2 Å². The van der Waals surface area contributed by atoms with Crippen LogP contribution in [-0.4, -0.2) is 29.2 Å². The third kappa shape index (κ3) is 5.89. The second kappa shape index (κ2) is 13.3. The van der Waals surface area contributed by atoms with Crippen molar-refractivity contribution in [2.75, 3.05) is 11.5 Å². The standard InChI is InChI=1S/C39H32ClN3O5S/c1-4-47-38(46)32-33(24-12-6-5-7-13-24)41-39-43(34(32)25-18-20-27(21-19-25)48-23(2)3)37(45)35(49-39)31-28-15-9-11-17-30(28)42(36(31)44)22-26-14-8-10-16-29(26)40/h5-21,23,34H,4,22H2,1-3H3/b35-31-/t34-/m0/s1. The first-order chi connectivity index (χ1) is 23.8. The summed E-state index contributed by atoms with van der Waals surface area (Å²) in [7, 11) is 0. The number of rotatable bonds is 8. The summed E-state index contributed by atoms with van der Waals surface area (Å²) in [6, 6.07) is 30.6. The fraction of sp³-hybridized carbons (Fsp3) is 0.179. The first kappa shape index (κ1) is 32.3. The van der Waals surface area contributed by atoms with Crippen molar-refractivity contribution in [1.82, 2.24) is 4.57 Å². The number of aromatic nitrogens is 1. The maximum absolute atomic E-state index is 14.7. The van der Waals surface area contributed by atoms with Crippen LogP contribution in [0.1, 0.15) is 49.1 Å². The van der Waals surface area contributed by atoms with E-state index in [4.69, 9.17) is 26.1 Å². The van der Waals surface area contributed by atoms with E-state index < -0.39 is 17.6 Å². The van der Waals surface area contributed by atoms with Gasteiger partial charge in [-0.1, -0.05) is 102 Å². The number of anilines is 1. The normalized spacial score (nSPS) is 16.4. The lowest BCUT2D eigenvalue weighted by atomic mass is 9.93. The van der Waals surface area contributed by atoms with Gasteiger partial charge in [-0.2, -0.15) is 0 Å². The van der Waals surface area contributed by atoms with Crippen LogP contribution in [0.3, 0.4) is 0 Å². The second-order valence-corrected chi connectivity index (χ2v) is 13.2. The van der Waals surface area contributed by atoms with E-state index in [-0.39, 0.29) is 40.8 Å². The molecule has 0 spiro atoms. The molecular formula is C39H32ClN3O5S. The SMILES string of the molecule is CCOC(=O)C1=C(c2ccccc2)N=c2s/c(=C3\C(=O)N(Cc4ccccc4Cl)c4ccccc43)c(=O)n2[C@H]1c1ccc(OC(C)C)cc1. The zero-order valence-corrected chi connectivity index (χ0v) is 28.6. The van der Waals surface area contributed by atoms with E-state index in [0.29, 0.717) is 43.6 Å². The highest BCUT2D eigenvalue weighted by Gasteiger charge is 2.38. The van der Waals surface area contributed by atoms with E-state index in [1.807, 2.05) is 111 Å². The average molecular weight is 690 g/mol. The van der Waals surface area contributed by atoms with Crippen molar-refractivity contribution in [3.8, 4) is 5.75 Å². The molecule has 5 aromatic rings. The Labute approximate surface area is 291 Å². The Morgan fingerprint density at radius 3 is 2.33 bits per heavy atom. The van der Waals surface area contributed by atoms with Gasteiger partial charge in [0.2, 0.25) is 0 Å². The summed E-state index contributed by atoms with van der Waals surface area (Å²) >= 11 is 7.64. The van der Waals surface area contributed by atoms with Crippen LogP contribution >= 0.6 is 22.9 Å². The molecule has 0 radical (unpaired) electrons. The van der Waals surface area contributed by atoms with Crippen molar-refractivity contribution in [3.05, 3.63) is 156 Å². The average Bonchev–Trinajstić information content (AvgIpc) is 3.57. The lowest BCUT2D eigenvalue weighted by Gasteiger charge is -2.26. The summed E-state index contributed by atoms with van der Waals surface area (Å²) in [5.74, 6) is -0.236.